The molecule has 60 heavy (non-hydrogen) atoms. The highest BCUT2D eigenvalue weighted by Crippen LogP contribution is 2.40. The SMILES string of the molecule is CCC1CC(C(=O)NCCOCCCCCO)C[C@@H](O[C@@H]2OC(CO)[C@H](O)C(O[C@@H](CC3CCCCC3)C(=O)N3CCC3)C2NC(C)=O)C1O[C@@H]1OC(C)[C@@H](O)C(O)C1O. The van der Waals surface area contributed by atoms with Gasteiger partial charge in [-0.3, -0.25) is 14.4 Å². The van der Waals surface area contributed by atoms with Crippen LogP contribution >= 0.6 is 0 Å². The summed E-state index contributed by atoms with van der Waals surface area (Å²) in [6.45, 7) is 6.52. The lowest BCUT2D eigenvalue weighted by atomic mass is 9.75. The molecule has 15 atom stereocenters. The Morgan fingerprint density at radius 2 is 1.58 bits per heavy atom. The third-order valence-electron chi connectivity index (χ3n) is 13.0. The van der Waals surface area contributed by atoms with Gasteiger partial charge in [0.2, 0.25) is 11.8 Å². The number of hydrogen-bond acceptors (Lipinski definition) is 15. The van der Waals surface area contributed by atoms with Gasteiger partial charge in [-0.15, -0.1) is 0 Å². The fraction of sp³-hybridized carbons (Fsp3) is 0.929. The molecule has 0 bridgehead atoms. The summed E-state index contributed by atoms with van der Waals surface area (Å²) in [6, 6.07) is -1.18. The summed E-state index contributed by atoms with van der Waals surface area (Å²) >= 11 is 0. The fourth-order valence-corrected chi connectivity index (χ4v) is 9.30. The second-order valence-electron chi connectivity index (χ2n) is 17.4. The summed E-state index contributed by atoms with van der Waals surface area (Å²) in [6.07, 6.45) is -5.19. The number of hydrogen-bond donors (Lipinski definition) is 8. The van der Waals surface area contributed by atoms with Crippen molar-refractivity contribution in [2.75, 3.05) is 46.1 Å². The van der Waals surface area contributed by atoms with Crippen molar-refractivity contribution in [1.82, 2.24) is 15.5 Å². The maximum absolute atomic E-state index is 13.9. The van der Waals surface area contributed by atoms with Crippen molar-refractivity contribution in [2.45, 2.75) is 184 Å². The van der Waals surface area contributed by atoms with E-state index in [1.165, 1.54) is 6.92 Å². The van der Waals surface area contributed by atoms with Gasteiger partial charge in [-0.1, -0.05) is 45.4 Å². The molecule has 5 fully saturated rings. The molecule has 5 rings (SSSR count). The zero-order valence-corrected chi connectivity index (χ0v) is 35.7. The molecule has 3 saturated heterocycles. The number of aliphatic hydroxyl groups is 6. The third-order valence-corrected chi connectivity index (χ3v) is 13.0. The lowest BCUT2D eigenvalue weighted by Gasteiger charge is -2.49. The van der Waals surface area contributed by atoms with Crippen LogP contribution in [-0.4, -0.2) is 179 Å². The van der Waals surface area contributed by atoms with E-state index in [-0.39, 0.29) is 43.2 Å². The Morgan fingerprint density at radius 3 is 2.23 bits per heavy atom. The molecule has 0 aromatic carbocycles. The quantitative estimate of drug-likeness (QED) is 0.0700. The Labute approximate surface area is 353 Å². The fourth-order valence-electron chi connectivity index (χ4n) is 9.30. The highest BCUT2D eigenvalue weighted by atomic mass is 16.7. The van der Waals surface area contributed by atoms with Gasteiger partial charge in [-0.2, -0.15) is 0 Å². The van der Waals surface area contributed by atoms with Gasteiger partial charge in [0.15, 0.2) is 12.6 Å². The normalized spacial score (nSPS) is 36.9. The van der Waals surface area contributed by atoms with Gasteiger partial charge in [-0.25, -0.2) is 0 Å². The molecule has 0 radical (unpaired) electrons. The first-order valence-electron chi connectivity index (χ1n) is 22.5. The van der Waals surface area contributed by atoms with Crippen LogP contribution in [0.4, 0.5) is 0 Å². The van der Waals surface area contributed by atoms with Gasteiger partial charge in [-0.05, 0) is 63.7 Å². The van der Waals surface area contributed by atoms with E-state index in [4.69, 9.17) is 33.5 Å². The first kappa shape index (κ1) is 49.0. The van der Waals surface area contributed by atoms with Gasteiger partial charge in [0.1, 0.15) is 48.8 Å². The van der Waals surface area contributed by atoms with E-state index in [2.05, 4.69) is 10.6 Å². The van der Waals surface area contributed by atoms with Gasteiger partial charge < -0.3 is 74.6 Å². The highest BCUT2D eigenvalue weighted by molar-refractivity contribution is 5.81. The number of carbonyl (C=O) groups is 3. The number of rotatable bonds is 21. The Bertz CT molecular complexity index is 1320. The smallest absolute Gasteiger partial charge is 0.251 e. The molecule has 18 heteroatoms. The number of nitrogens with zero attached hydrogens (tertiary/aromatic N) is 1. The number of unbranched alkanes of at least 4 members (excludes halogenated alkanes) is 2. The second-order valence-corrected chi connectivity index (χ2v) is 17.4. The lowest BCUT2D eigenvalue weighted by molar-refractivity contribution is -0.338. The molecule has 9 unspecified atom stereocenters. The van der Waals surface area contributed by atoms with Gasteiger partial charge in [0, 0.05) is 45.7 Å². The van der Waals surface area contributed by atoms with Crippen molar-refractivity contribution in [2.24, 2.45) is 17.8 Å². The summed E-state index contributed by atoms with van der Waals surface area (Å²) in [4.78, 5) is 42.3. The van der Waals surface area contributed by atoms with Crippen molar-refractivity contribution in [3.8, 4) is 0 Å². The largest absolute Gasteiger partial charge is 0.396 e. The Morgan fingerprint density at radius 1 is 0.833 bits per heavy atom. The number of nitrogens with one attached hydrogen (secondary N) is 2. The van der Waals surface area contributed by atoms with Crippen LogP contribution in [-0.2, 0) is 42.8 Å². The van der Waals surface area contributed by atoms with E-state index in [1.807, 2.05) is 6.92 Å². The van der Waals surface area contributed by atoms with Crippen molar-refractivity contribution < 1.29 is 73.4 Å². The van der Waals surface area contributed by atoms with Crippen molar-refractivity contribution in [1.29, 1.82) is 0 Å². The lowest BCUT2D eigenvalue weighted by Crippen LogP contribution is -2.67. The average molecular weight is 860 g/mol. The molecule has 2 saturated carbocycles. The van der Waals surface area contributed by atoms with E-state index >= 15 is 0 Å². The molecule has 0 aromatic heterocycles. The monoisotopic (exact) mass is 860 g/mol. The Hall–Kier alpha value is -2.07. The van der Waals surface area contributed by atoms with Crippen molar-refractivity contribution >= 4 is 17.7 Å². The van der Waals surface area contributed by atoms with Crippen LogP contribution in [0.3, 0.4) is 0 Å². The van der Waals surface area contributed by atoms with Crippen LogP contribution in [0.5, 0.6) is 0 Å². The molecule has 8 N–H and O–H groups in total. The molecule has 2 aliphatic carbocycles. The summed E-state index contributed by atoms with van der Waals surface area (Å²) in [5, 5.41) is 69.0. The minimum absolute atomic E-state index is 0.0842. The van der Waals surface area contributed by atoms with Gasteiger partial charge >= 0.3 is 0 Å². The molecule has 346 valence electrons. The maximum Gasteiger partial charge on any atom is 0.251 e. The van der Waals surface area contributed by atoms with E-state index < -0.39 is 98.1 Å². The summed E-state index contributed by atoms with van der Waals surface area (Å²) in [5.74, 6) is -1.63. The highest BCUT2D eigenvalue weighted by Gasteiger charge is 2.53. The predicted octanol–water partition coefficient (Wildman–Crippen LogP) is -0.145. The minimum Gasteiger partial charge on any atom is -0.396 e. The van der Waals surface area contributed by atoms with Crippen LogP contribution in [0, 0.1) is 17.8 Å². The number of aliphatic hydroxyl groups excluding tert-OH is 6. The van der Waals surface area contributed by atoms with E-state index in [0.29, 0.717) is 52.0 Å². The second kappa shape index (κ2) is 24.1. The third kappa shape index (κ3) is 13.0. The zero-order chi connectivity index (χ0) is 43.3. The summed E-state index contributed by atoms with van der Waals surface area (Å²) in [7, 11) is 0. The van der Waals surface area contributed by atoms with Crippen LogP contribution in [0.2, 0.25) is 0 Å². The molecule has 0 spiro atoms. The minimum atomic E-state index is -1.62. The number of carbonyl (C=O) groups excluding carboxylic acids is 3. The topological polar surface area (TPSA) is 255 Å². The molecule has 3 amide bonds. The predicted molar refractivity (Wildman–Crippen MR) is 214 cm³/mol. The van der Waals surface area contributed by atoms with Crippen molar-refractivity contribution in [3.63, 3.8) is 0 Å². The number of likely N-dealkylation sites (tertiary alicyclic amines) is 1. The van der Waals surface area contributed by atoms with Crippen molar-refractivity contribution in [3.05, 3.63) is 0 Å². The molecule has 18 nitrogen and oxygen atoms in total. The number of amides is 3. The first-order valence-corrected chi connectivity index (χ1v) is 22.5. The van der Waals surface area contributed by atoms with E-state index in [9.17, 15) is 39.9 Å². The Balaban J connectivity index is 1.40. The van der Waals surface area contributed by atoms with Crippen LogP contribution in [0.1, 0.15) is 104 Å². The molecular formula is C42H73N3O15. The number of ether oxygens (including phenoxy) is 6. The van der Waals surface area contributed by atoms with Crippen LogP contribution in [0.15, 0.2) is 0 Å². The molecule has 3 aliphatic heterocycles. The maximum atomic E-state index is 13.9. The molecule has 0 aromatic rings. The molecule has 3 heterocycles. The average Bonchev–Trinajstić information content (AvgIpc) is 3.21. The first-order chi connectivity index (χ1) is 28.9. The van der Waals surface area contributed by atoms with Gasteiger partial charge in [0.25, 0.3) is 5.91 Å². The zero-order valence-electron chi connectivity index (χ0n) is 35.7. The summed E-state index contributed by atoms with van der Waals surface area (Å²) < 4.78 is 37.6. The Kier molecular flexibility index (Phi) is 19.7. The summed E-state index contributed by atoms with van der Waals surface area (Å²) in [5.41, 5.74) is 0. The van der Waals surface area contributed by atoms with E-state index in [1.54, 1.807) is 11.8 Å². The molecule has 5 aliphatic rings. The van der Waals surface area contributed by atoms with Crippen LogP contribution in [0.25, 0.3) is 0 Å². The van der Waals surface area contributed by atoms with Crippen LogP contribution < -0.4 is 10.6 Å². The van der Waals surface area contributed by atoms with Gasteiger partial charge in [0.05, 0.1) is 31.5 Å². The van der Waals surface area contributed by atoms with E-state index in [0.717, 1.165) is 51.4 Å². The standard InChI is InChI=1S/C42H73N3O15/c1-4-27-21-28(39(53)43-14-19-55-18-10-6-9-17-46)22-29(37(27)60-42-36(52)35(51)33(49)24(2)56-42)58-41-32(44-25(3)48)38(34(50)31(23-47)59-41)57-30(40(54)45-15-11-16-45)20-26-12-7-5-8-13-26/h24,26-38,41-42,46-47,49-52H,4-23H2,1-3H3,(H,43,53)(H,44,48)/t24?,27?,28?,29-,30+,31?,32?,33-,34+,35?,36?,37?,38?,41-,42+/m1/s1. The molecular weight excluding hydrogens is 786 g/mol.